The van der Waals surface area contributed by atoms with Gasteiger partial charge in [0.25, 0.3) is 0 Å². The highest BCUT2D eigenvalue weighted by Gasteiger charge is 2.20. The van der Waals surface area contributed by atoms with Crippen LogP contribution in [-0.2, 0) is 9.53 Å². The van der Waals surface area contributed by atoms with Crippen molar-refractivity contribution in [3.63, 3.8) is 0 Å². The van der Waals surface area contributed by atoms with Crippen LogP contribution in [0.15, 0.2) is 29.4 Å². The number of nitrogens with zero attached hydrogens (tertiary/aromatic N) is 2. The highest BCUT2D eigenvalue weighted by Crippen LogP contribution is 2.28. The number of carbonyl (C=O) groups is 1. The zero-order valence-corrected chi connectivity index (χ0v) is 17.3. The lowest BCUT2D eigenvalue weighted by atomic mass is 10.2. The molecule has 6 nitrogen and oxygen atoms in total. The zero-order valence-electron chi connectivity index (χ0n) is 16.5. The molecule has 0 saturated heterocycles. The molecule has 0 spiro atoms. The van der Waals surface area contributed by atoms with Crippen molar-refractivity contribution in [2.75, 3.05) is 32.1 Å². The van der Waals surface area contributed by atoms with Gasteiger partial charge in [0, 0.05) is 32.2 Å². The van der Waals surface area contributed by atoms with Crippen LogP contribution in [0.1, 0.15) is 39.5 Å². The van der Waals surface area contributed by atoms with Crippen LogP contribution in [0.3, 0.4) is 0 Å². The molecule has 0 radical (unpaired) electrons. The molecule has 1 heterocycles. The molecule has 2 rings (SSSR count). The molecule has 0 aliphatic carbocycles. The lowest BCUT2D eigenvalue weighted by Crippen LogP contribution is -2.33. The molecule has 2 N–H and O–H groups in total. The number of fused-ring (bicyclic) bond motifs is 1. The SMILES string of the molecule is CCCCNc1nc(SC(CC)C(=O)NCCCOC)nc2ccccc12. The summed E-state index contributed by atoms with van der Waals surface area (Å²) in [6, 6.07) is 7.97. The van der Waals surface area contributed by atoms with E-state index in [0.717, 1.165) is 48.9 Å². The maximum absolute atomic E-state index is 12.5. The fourth-order valence-corrected chi connectivity index (χ4v) is 3.52. The van der Waals surface area contributed by atoms with E-state index in [1.165, 1.54) is 11.8 Å². The molecule has 1 unspecified atom stereocenters. The zero-order chi connectivity index (χ0) is 19.5. The Bertz CT molecular complexity index is 726. The smallest absolute Gasteiger partial charge is 0.233 e. The summed E-state index contributed by atoms with van der Waals surface area (Å²) in [4.78, 5) is 21.8. The molecule has 1 amide bonds. The number of unbranched alkanes of at least 4 members (excludes halogenated alkanes) is 1. The van der Waals surface area contributed by atoms with Crippen LogP contribution < -0.4 is 10.6 Å². The molecule has 0 fully saturated rings. The lowest BCUT2D eigenvalue weighted by Gasteiger charge is -2.15. The number of ether oxygens (including phenoxy) is 1. The van der Waals surface area contributed by atoms with Gasteiger partial charge in [-0.15, -0.1) is 0 Å². The fraction of sp³-hybridized carbons (Fsp3) is 0.550. The molecule has 0 saturated carbocycles. The number of nitrogens with one attached hydrogen (secondary N) is 2. The van der Waals surface area contributed by atoms with E-state index in [1.807, 2.05) is 31.2 Å². The van der Waals surface area contributed by atoms with Crippen LogP contribution in [-0.4, -0.2) is 47.9 Å². The van der Waals surface area contributed by atoms with Gasteiger partial charge in [0.1, 0.15) is 5.82 Å². The lowest BCUT2D eigenvalue weighted by molar-refractivity contribution is -0.120. The average molecular weight is 391 g/mol. The molecule has 148 valence electrons. The summed E-state index contributed by atoms with van der Waals surface area (Å²) >= 11 is 1.42. The number of thioether (sulfide) groups is 1. The van der Waals surface area contributed by atoms with Gasteiger partial charge in [-0.05, 0) is 31.4 Å². The summed E-state index contributed by atoms with van der Waals surface area (Å²) in [5, 5.41) is 7.82. The van der Waals surface area contributed by atoms with Gasteiger partial charge >= 0.3 is 0 Å². The number of amides is 1. The molecular formula is C20H30N4O2S. The first-order valence-electron chi connectivity index (χ1n) is 9.63. The Balaban J connectivity index is 2.12. The third-order valence-corrected chi connectivity index (χ3v) is 5.37. The number of aromatic nitrogens is 2. The minimum absolute atomic E-state index is 0.0239. The molecule has 0 aliphatic heterocycles. The molecule has 1 atom stereocenters. The minimum Gasteiger partial charge on any atom is -0.385 e. The Hall–Kier alpha value is -1.86. The van der Waals surface area contributed by atoms with Crippen molar-refractivity contribution in [2.24, 2.45) is 0 Å². The van der Waals surface area contributed by atoms with Crippen molar-refractivity contribution in [3.8, 4) is 0 Å². The average Bonchev–Trinajstić information content (AvgIpc) is 2.69. The summed E-state index contributed by atoms with van der Waals surface area (Å²) in [6.07, 6.45) is 3.73. The third kappa shape index (κ3) is 6.66. The Kier molecular flexibility index (Phi) is 9.35. The van der Waals surface area contributed by atoms with E-state index >= 15 is 0 Å². The third-order valence-electron chi connectivity index (χ3n) is 4.14. The van der Waals surface area contributed by atoms with Gasteiger partial charge in [-0.25, -0.2) is 9.97 Å². The van der Waals surface area contributed by atoms with E-state index in [9.17, 15) is 4.79 Å². The Morgan fingerprint density at radius 1 is 1.19 bits per heavy atom. The number of para-hydroxylation sites is 1. The van der Waals surface area contributed by atoms with Gasteiger partial charge in [0.2, 0.25) is 5.91 Å². The summed E-state index contributed by atoms with van der Waals surface area (Å²) in [6.45, 7) is 6.31. The van der Waals surface area contributed by atoms with E-state index in [-0.39, 0.29) is 11.2 Å². The van der Waals surface area contributed by atoms with Crippen LogP contribution in [0, 0.1) is 0 Å². The van der Waals surface area contributed by atoms with Crippen molar-refractivity contribution in [3.05, 3.63) is 24.3 Å². The summed E-state index contributed by atoms with van der Waals surface area (Å²) in [5.41, 5.74) is 0.893. The second-order valence-electron chi connectivity index (χ2n) is 6.30. The standard InChI is InChI=1S/C20H30N4O2S/c1-4-6-12-21-18-15-10-7-8-11-16(15)23-20(24-18)27-17(5-2)19(25)22-13-9-14-26-3/h7-8,10-11,17H,4-6,9,12-14H2,1-3H3,(H,22,25)(H,21,23,24). The molecule has 7 heteroatoms. The van der Waals surface area contributed by atoms with Crippen molar-refractivity contribution in [1.82, 2.24) is 15.3 Å². The van der Waals surface area contributed by atoms with Crippen LogP contribution in [0.2, 0.25) is 0 Å². The maximum Gasteiger partial charge on any atom is 0.233 e. The van der Waals surface area contributed by atoms with E-state index in [2.05, 4.69) is 22.5 Å². The van der Waals surface area contributed by atoms with Crippen molar-refractivity contribution >= 4 is 34.4 Å². The van der Waals surface area contributed by atoms with Crippen molar-refractivity contribution in [1.29, 1.82) is 0 Å². The number of hydrogen-bond donors (Lipinski definition) is 2. The van der Waals surface area contributed by atoms with Gasteiger partial charge in [0.15, 0.2) is 5.16 Å². The number of rotatable bonds is 12. The van der Waals surface area contributed by atoms with Crippen molar-refractivity contribution in [2.45, 2.75) is 49.9 Å². The van der Waals surface area contributed by atoms with Gasteiger partial charge in [-0.3, -0.25) is 4.79 Å². The number of benzene rings is 1. The molecule has 0 bridgehead atoms. The Morgan fingerprint density at radius 3 is 2.74 bits per heavy atom. The Morgan fingerprint density at radius 2 is 2.00 bits per heavy atom. The first-order valence-corrected chi connectivity index (χ1v) is 10.5. The van der Waals surface area contributed by atoms with E-state index in [0.29, 0.717) is 18.3 Å². The van der Waals surface area contributed by atoms with Gasteiger partial charge in [-0.2, -0.15) is 0 Å². The number of carbonyl (C=O) groups excluding carboxylic acids is 1. The van der Waals surface area contributed by atoms with Crippen LogP contribution in [0.4, 0.5) is 5.82 Å². The van der Waals surface area contributed by atoms with Gasteiger partial charge < -0.3 is 15.4 Å². The highest BCUT2D eigenvalue weighted by atomic mass is 32.2. The molecule has 27 heavy (non-hydrogen) atoms. The van der Waals surface area contributed by atoms with Crippen LogP contribution in [0.25, 0.3) is 10.9 Å². The van der Waals surface area contributed by atoms with Gasteiger partial charge in [-0.1, -0.05) is 44.2 Å². The second kappa shape index (κ2) is 11.8. The van der Waals surface area contributed by atoms with E-state index in [4.69, 9.17) is 9.72 Å². The summed E-state index contributed by atoms with van der Waals surface area (Å²) in [5.74, 6) is 0.864. The van der Waals surface area contributed by atoms with Gasteiger partial charge in [0.05, 0.1) is 10.8 Å². The first-order chi connectivity index (χ1) is 13.2. The predicted octanol–water partition coefficient (Wildman–Crippen LogP) is 3.87. The maximum atomic E-state index is 12.5. The van der Waals surface area contributed by atoms with Crippen LogP contribution >= 0.6 is 11.8 Å². The van der Waals surface area contributed by atoms with Crippen molar-refractivity contribution < 1.29 is 9.53 Å². The Labute approximate surface area is 165 Å². The minimum atomic E-state index is -0.211. The van der Waals surface area contributed by atoms with E-state index in [1.54, 1.807) is 7.11 Å². The molecule has 2 aromatic rings. The number of anilines is 1. The highest BCUT2D eigenvalue weighted by molar-refractivity contribution is 8.00. The quantitative estimate of drug-likeness (QED) is 0.326. The monoisotopic (exact) mass is 390 g/mol. The molecule has 1 aromatic heterocycles. The predicted molar refractivity (Wildman–Crippen MR) is 112 cm³/mol. The number of hydrogen-bond acceptors (Lipinski definition) is 6. The normalized spacial score (nSPS) is 12.1. The number of methoxy groups -OCH3 is 1. The summed E-state index contributed by atoms with van der Waals surface area (Å²) in [7, 11) is 1.66. The molecule has 1 aromatic carbocycles. The fourth-order valence-electron chi connectivity index (χ4n) is 2.62. The topological polar surface area (TPSA) is 76.1 Å². The first kappa shape index (κ1) is 21.4. The van der Waals surface area contributed by atoms with E-state index < -0.39 is 0 Å². The second-order valence-corrected chi connectivity index (χ2v) is 7.47. The largest absolute Gasteiger partial charge is 0.385 e. The summed E-state index contributed by atoms with van der Waals surface area (Å²) < 4.78 is 5.02. The van der Waals surface area contributed by atoms with Crippen LogP contribution in [0.5, 0.6) is 0 Å². The molecule has 0 aliphatic rings. The molecular weight excluding hydrogens is 360 g/mol.